The number of benzene rings is 1. The van der Waals surface area contributed by atoms with Crippen LogP contribution in [-0.4, -0.2) is 38.2 Å². The second-order valence-corrected chi connectivity index (χ2v) is 7.06. The van der Waals surface area contributed by atoms with Gasteiger partial charge in [-0.3, -0.25) is 0 Å². The van der Waals surface area contributed by atoms with E-state index in [9.17, 15) is 13.5 Å². The third kappa shape index (κ3) is 6.07. The molecule has 0 aromatic heterocycles. The molecule has 108 valence electrons. The second-order valence-electron chi connectivity index (χ2n) is 4.59. The summed E-state index contributed by atoms with van der Waals surface area (Å²) in [5.41, 5.74) is 0.991. The molecule has 1 aromatic rings. The van der Waals surface area contributed by atoms with Crippen LogP contribution in [0.15, 0.2) is 24.3 Å². The number of hydrogen-bond acceptors (Lipinski definition) is 4. The molecule has 0 saturated heterocycles. The van der Waals surface area contributed by atoms with Crippen molar-refractivity contribution in [1.29, 1.82) is 0 Å². The molecule has 1 unspecified atom stereocenters. The van der Waals surface area contributed by atoms with E-state index in [-0.39, 0.29) is 11.5 Å². The maximum atomic E-state index is 11.3. The Hall–Kier alpha value is -1.07. The number of methoxy groups -OCH3 is 1. The summed E-state index contributed by atoms with van der Waals surface area (Å²) in [6.07, 6.45) is 1.00. The summed E-state index contributed by atoms with van der Waals surface area (Å²) in [6, 6.07) is 7.53. The normalized spacial score (nSPS) is 13.2. The number of aliphatic hydroxyl groups is 1. The summed E-state index contributed by atoms with van der Waals surface area (Å²) in [5, 5.41) is 9.90. The first kappa shape index (κ1) is 16.0. The molecule has 0 radical (unpaired) electrons. The lowest BCUT2D eigenvalue weighted by molar-refractivity contribution is 0.164. The van der Waals surface area contributed by atoms with Crippen LogP contribution in [0.5, 0.6) is 5.75 Å². The molecule has 19 heavy (non-hydrogen) atoms. The fourth-order valence-electron chi connectivity index (χ4n) is 1.86. The molecule has 1 N–H and O–H groups in total. The molecule has 0 amide bonds. The van der Waals surface area contributed by atoms with E-state index in [2.05, 4.69) is 0 Å². The van der Waals surface area contributed by atoms with Crippen molar-refractivity contribution < 1.29 is 18.3 Å². The standard InChI is InChI=1S/C14H22O4S/c1-3-19(16,17)9-5-7-13(15)10-12-6-4-8-14(11-12)18-2/h4,6,8,11,13,15H,3,5,7,9-10H2,1-2H3. The van der Waals surface area contributed by atoms with E-state index < -0.39 is 15.9 Å². The Balaban J connectivity index is 2.40. The van der Waals surface area contributed by atoms with Crippen molar-refractivity contribution in [3.63, 3.8) is 0 Å². The lowest BCUT2D eigenvalue weighted by Gasteiger charge is -2.11. The van der Waals surface area contributed by atoms with E-state index in [0.717, 1.165) is 11.3 Å². The zero-order valence-corrected chi connectivity index (χ0v) is 12.3. The number of aliphatic hydroxyl groups excluding tert-OH is 1. The average molecular weight is 286 g/mol. The third-order valence-corrected chi connectivity index (χ3v) is 4.83. The highest BCUT2D eigenvalue weighted by Gasteiger charge is 2.10. The minimum atomic E-state index is -2.93. The summed E-state index contributed by atoms with van der Waals surface area (Å²) < 4.78 is 27.8. The number of hydrogen-bond donors (Lipinski definition) is 1. The highest BCUT2D eigenvalue weighted by Crippen LogP contribution is 2.15. The fourth-order valence-corrected chi connectivity index (χ4v) is 2.75. The number of ether oxygens (including phenoxy) is 1. The van der Waals surface area contributed by atoms with E-state index in [4.69, 9.17) is 4.74 Å². The van der Waals surface area contributed by atoms with E-state index >= 15 is 0 Å². The van der Waals surface area contributed by atoms with Gasteiger partial charge in [0.2, 0.25) is 0 Å². The van der Waals surface area contributed by atoms with Crippen LogP contribution in [0.25, 0.3) is 0 Å². The van der Waals surface area contributed by atoms with Gasteiger partial charge in [0.25, 0.3) is 0 Å². The number of sulfone groups is 1. The van der Waals surface area contributed by atoms with Crippen molar-refractivity contribution in [2.24, 2.45) is 0 Å². The molecule has 1 aromatic carbocycles. The van der Waals surface area contributed by atoms with Gasteiger partial charge in [0.15, 0.2) is 0 Å². The van der Waals surface area contributed by atoms with Crippen LogP contribution < -0.4 is 4.74 Å². The van der Waals surface area contributed by atoms with Gasteiger partial charge in [-0.2, -0.15) is 0 Å². The average Bonchev–Trinajstić information content (AvgIpc) is 2.38. The van der Waals surface area contributed by atoms with Gasteiger partial charge >= 0.3 is 0 Å². The van der Waals surface area contributed by atoms with E-state index in [1.54, 1.807) is 14.0 Å². The molecular weight excluding hydrogens is 264 g/mol. The molecule has 1 rings (SSSR count). The van der Waals surface area contributed by atoms with Crippen molar-refractivity contribution in [3.05, 3.63) is 29.8 Å². The quantitative estimate of drug-likeness (QED) is 0.791. The zero-order chi connectivity index (χ0) is 14.3. The monoisotopic (exact) mass is 286 g/mol. The second kappa shape index (κ2) is 7.50. The van der Waals surface area contributed by atoms with Crippen LogP contribution in [0.2, 0.25) is 0 Å². The van der Waals surface area contributed by atoms with Crippen molar-refractivity contribution in [3.8, 4) is 5.75 Å². The van der Waals surface area contributed by atoms with Gasteiger partial charge < -0.3 is 9.84 Å². The third-order valence-electron chi connectivity index (χ3n) is 3.04. The summed E-state index contributed by atoms with van der Waals surface area (Å²) in [4.78, 5) is 0. The minimum Gasteiger partial charge on any atom is -0.497 e. The van der Waals surface area contributed by atoms with Crippen LogP contribution in [0.1, 0.15) is 25.3 Å². The first-order valence-corrected chi connectivity index (χ1v) is 8.30. The highest BCUT2D eigenvalue weighted by molar-refractivity contribution is 7.91. The van der Waals surface area contributed by atoms with Gasteiger partial charge in [0, 0.05) is 5.75 Å². The molecule has 0 bridgehead atoms. The lowest BCUT2D eigenvalue weighted by Crippen LogP contribution is -2.14. The lowest BCUT2D eigenvalue weighted by atomic mass is 10.0. The molecule has 0 aliphatic heterocycles. The van der Waals surface area contributed by atoms with Gasteiger partial charge in [0.05, 0.1) is 19.0 Å². The Kier molecular flexibility index (Phi) is 6.31. The maximum absolute atomic E-state index is 11.3. The zero-order valence-electron chi connectivity index (χ0n) is 11.5. The molecule has 0 aliphatic rings. The summed E-state index contributed by atoms with van der Waals surface area (Å²) >= 11 is 0. The first-order chi connectivity index (χ1) is 8.96. The van der Waals surface area contributed by atoms with Gasteiger partial charge in [-0.25, -0.2) is 8.42 Å². The van der Waals surface area contributed by atoms with Crippen LogP contribution >= 0.6 is 0 Å². The SMILES string of the molecule is CCS(=O)(=O)CCCC(O)Cc1cccc(OC)c1. The maximum Gasteiger partial charge on any atom is 0.150 e. The van der Waals surface area contributed by atoms with Gasteiger partial charge in [-0.1, -0.05) is 19.1 Å². The van der Waals surface area contributed by atoms with Crippen LogP contribution in [0.4, 0.5) is 0 Å². The smallest absolute Gasteiger partial charge is 0.150 e. The molecule has 0 aliphatic carbocycles. The summed E-state index contributed by atoms with van der Waals surface area (Å²) in [5.74, 6) is 1.08. The first-order valence-electron chi connectivity index (χ1n) is 6.48. The summed E-state index contributed by atoms with van der Waals surface area (Å²) in [7, 11) is -1.33. The molecular formula is C14H22O4S. The summed E-state index contributed by atoms with van der Waals surface area (Å²) in [6.45, 7) is 1.64. The van der Waals surface area contributed by atoms with Crippen LogP contribution in [-0.2, 0) is 16.3 Å². The van der Waals surface area contributed by atoms with E-state index in [1.807, 2.05) is 24.3 Å². The Morgan fingerprint density at radius 2 is 2.11 bits per heavy atom. The molecule has 4 nitrogen and oxygen atoms in total. The predicted octanol–water partition coefficient (Wildman–Crippen LogP) is 1.81. The molecule has 0 spiro atoms. The molecule has 0 heterocycles. The highest BCUT2D eigenvalue weighted by atomic mass is 32.2. The number of rotatable bonds is 8. The fraction of sp³-hybridized carbons (Fsp3) is 0.571. The van der Waals surface area contributed by atoms with Crippen molar-refractivity contribution in [2.45, 2.75) is 32.3 Å². The van der Waals surface area contributed by atoms with Gasteiger partial charge in [-0.15, -0.1) is 0 Å². The van der Waals surface area contributed by atoms with Crippen LogP contribution in [0, 0.1) is 0 Å². The van der Waals surface area contributed by atoms with E-state index in [1.165, 1.54) is 0 Å². The Morgan fingerprint density at radius 3 is 2.74 bits per heavy atom. The van der Waals surface area contributed by atoms with Crippen LogP contribution in [0.3, 0.4) is 0 Å². The Morgan fingerprint density at radius 1 is 1.37 bits per heavy atom. The minimum absolute atomic E-state index is 0.151. The van der Waals surface area contributed by atoms with Gasteiger partial charge in [0.1, 0.15) is 15.6 Å². The Labute approximate surface area is 115 Å². The van der Waals surface area contributed by atoms with E-state index in [0.29, 0.717) is 19.3 Å². The topological polar surface area (TPSA) is 63.6 Å². The molecule has 1 atom stereocenters. The van der Waals surface area contributed by atoms with Crippen molar-refractivity contribution in [1.82, 2.24) is 0 Å². The largest absolute Gasteiger partial charge is 0.497 e. The van der Waals surface area contributed by atoms with Crippen molar-refractivity contribution in [2.75, 3.05) is 18.6 Å². The van der Waals surface area contributed by atoms with Gasteiger partial charge in [-0.05, 0) is 37.0 Å². The molecule has 5 heteroatoms. The molecule has 0 fully saturated rings. The van der Waals surface area contributed by atoms with Crippen molar-refractivity contribution >= 4 is 9.84 Å². The Bertz CT molecular complexity index is 482. The predicted molar refractivity (Wildman–Crippen MR) is 76.3 cm³/mol. The molecule has 0 saturated carbocycles.